The van der Waals surface area contributed by atoms with Crippen molar-refractivity contribution >= 4 is 34.6 Å². The van der Waals surface area contributed by atoms with E-state index < -0.39 is 22.6 Å². The molecule has 1 aliphatic rings. The zero-order valence-electron chi connectivity index (χ0n) is 17.4. The molecule has 0 saturated heterocycles. The van der Waals surface area contributed by atoms with Gasteiger partial charge >= 0.3 is 0 Å². The number of halogens is 3. The van der Waals surface area contributed by atoms with Crippen LogP contribution < -0.4 is 14.5 Å². The molecule has 0 radical (unpaired) electrons. The largest absolute Gasteiger partial charge is 0.481 e. The van der Waals surface area contributed by atoms with E-state index in [1.165, 1.54) is 30.2 Å². The molecule has 1 aromatic heterocycles. The lowest BCUT2D eigenvalue weighted by Crippen LogP contribution is -2.46. The predicted octanol–water partition coefficient (Wildman–Crippen LogP) is 5.27. The van der Waals surface area contributed by atoms with E-state index >= 15 is 4.39 Å². The molecule has 4 rings (SSSR count). The fourth-order valence-electron chi connectivity index (χ4n) is 3.77. The number of fused-ring (bicyclic) bond motifs is 1. The minimum atomic E-state index is -0.987. The first-order valence-corrected chi connectivity index (χ1v) is 9.94. The molecular weight excluding hydrogens is 438 g/mol. The molecule has 6 nitrogen and oxygen atoms in total. The number of amides is 1. The highest BCUT2D eigenvalue weighted by Gasteiger charge is 2.37. The van der Waals surface area contributed by atoms with E-state index in [0.29, 0.717) is 28.5 Å². The highest BCUT2D eigenvalue weighted by molar-refractivity contribution is 6.33. The number of rotatable bonds is 3. The van der Waals surface area contributed by atoms with Gasteiger partial charge in [-0.05, 0) is 49.7 Å². The fourth-order valence-corrected chi connectivity index (χ4v) is 3.96. The molecule has 3 aromatic rings. The van der Waals surface area contributed by atoms with E-state index in [4.69, 9.17) is 16.3 Å². The SMILES string of the molecule is COc1ccc(N2CN(c3ccc(F)cc3C)c3cc(C#N)c(Cl)c(F)c3C2=O)c(C)n1. The normalized spacial score (nSPS) is 13.1. The van der Waals surface area contributed by atoms with Crippen LogP contribution >= 0.6 is 11.6 Å². The summed E-state index contributed by atoms with van der Waals surface area (Å²) < 4.78 is 34.2. The number of carbonyl (C=O) groups excluding carboxylic acids is 1. The number of carbonyl (C=O) groups is 1. The summed E-state index contributed by atoms with van der Waals surface area (Å²) in [5, 5.41) is 8.96. The number of ether oxygens (including phenoxy) is 1. The minimum Gasteiger partial charge on any atom is -0.481 e. The van der Waals surface area contributed by atoms with Crippen molar-refractivity contribution in [3.05, 3.63) is 75.4 Å². The van der Waals surface area contributed by atoms with E-state index in [0.717, 1.165) is 0 Å². The molecule has 32 heavy (non-hydrogen) atoms. The summed E-state index contributed by atoms with van der Waals surface area (Å²) >= 11 is 6.04. The van der Waals surface area contributed by atoms with Crippen LogP contribution in [0.1, 0.15) is 27.2 Å². The monoisotopic (exact) mass is 454 g/mol. The maximum absolute atomic E-state index is 15.3. The van der Waals surface area contributed by atoms with Crippen molar-refractivity contribution in [2.75, 3.05) is 23.6 Å². The van der Waals surface area contributed by atoms with Crippen LogP contribution in [-0.2, 0) is 0 Å². The zero-order chi connectivity index (χ0) is 23.2. The second-order valence-corrected chi connectivity index (χ2v) is 7.63. The molecule has 0 spiro atoms. The van der Waals surface area contributed by atoms with Gasteiger partial charge in [0, 0.05) is 11.8 Å². The Bertz CT molecular complexity index is 1310. The maximum Gasteiger partial charge on any atom is 0.264 e. The second-order valence-electron chi connectivity index (χ2n) is 7.25. The first-order valence-electron chi connectivity index (χ1n) is 9.56. The number of anilines is 3. The summed E-state index contributed by atoms with van der Waals surface area (Å²) in [6.07, 6.45) is 0. The Labute approximate surface area is 188 Å². The number of aromatic nitrogens is 1. The number of hydrogen-bond donors (Lipinski definition) is 0. The van der Waals surface area contributed by atoms with Gasteiger partial charge in [0.05, 0.1) is 34.8 Å². The molecule has 1 aliphatic heterocycles. The highest BCUT2D eigenvalue weighted by Crippen LogP contribution is 2.41. The molecule has 2 aromatic carbocycles. The molecule has 0 unspecified atom stereocenters. The van der Waals surface area contributed by atoms with Gasteiger partial charge in [-0.1, -0.05) is 11.6 Å². The summed E-state index contributed by atoms with van der Waals surface area (Å²) in [4.78, 5) is 20.7. The molecule has 0 atom stereocenters. The predicted molar refractivity (Wildman–Crippen MR) is 117 cm³/mol. The van der Waals surface area contributed by atoms with Crippen molar-refractivity contribution in [3.8, 4) is 11.9 Å². The van der Waals surface area contributed by atoms with E-state index in [-0.39, 0.29) is 23.5 Å². The lowest BCUT2D eigenvalue weighted by Gasteiger charge is -2.39. The first kappa shape index (κ1) is 21.5. The van der Waals surface area contributed by atoms with Gasteiger partial charge in [0.2, 0.25) is 5.88 Å². The molecule has 0 bridgehead atoms. The molecule has 9 heteroatoms. The fraction of sp³-hybridized carbons (Fsp3) is 0.174. The smallest absolute Gasteiger partial charge is 0.264 e. The lowest BCUT2D eigenvalue weighted by atomic mass is 10.0. The molecular formula is C23H17ClF2N4O2. The van der Waals surface area contributed by atoms with Gasteiger partial charge < -0.3 is 9.64 Å². The highest BCUT2D eigenvalue weighted by atomic mass is 35.5. The number of pyridine rings is 1. The number of aryl methyl sites for hydroxylation is 2. The van der Waals surface area contributed by atoms with Crippen LogP contribution in [0, 0.1) is 36.8 Å². The van der Waals surface area contributed by atoms with Gasteiger partial charge in [-0.2, -0.15) is 5.26 Å². The van der Waals surface area contributed by atoms with Gasteiger partial charge in [-0.3, -0.25) is 9.69 Å². The summed E-state index contributed by atoms with van der Waals surface area (Å²) in [6.45, 7) is 3.39. The summed E-state index contributed by atoms with van der Waals surface area (Å²) in [6, 6.07) is 10.6. The van der Waals surface area contributed by atoms with Crippen molar-refractivity contribution in [1.29, 1.82) is 5.26 Å². The quantitative estimate of drug-likeness (QED) is 0.539. The van der Waals surface area contributed by atoms with E-state index in [1.807, 2.05) is 6.07 Å². The summed E-state index contributed by atoms with van der Waals surface area (Å²) in [7, 11) is 1.48. The standard InChI is InChI=1S/C23H17ClF2N4O2/c1-12-8-15(25)4-5-16(12)29-11-30(17-6-7-19(32-3)28-13(17)2)23(31)20-18(29)9-14(10-27)21(24)22(20)26/h4-9H,11H2,1-3H3. The van der Waals surface area contributed by atoms with Crippen molar-refractivity contribution < 1.29 is 18.3 Å². The number of methoxy groups -OCH3 is 1. The molecule has 2 heterocycles. The van der Waals surface area contributed by atoms with Gasteiger partial charge in [0.1, 0.15) is 24.1 Å². The number of nitriles is 1. The molecule has 0 fully saturated rings. The number of hydrogen-bond acceptors (Lipinski definition) is 5. The molecule has 1 amide bonds. The average Bonchev–Trinajstić information content (AvgIpc) is 2.77. The van der Waals surface area contributed by atoms with E-state index in [2.05, 4.69) is 4.98 Å². The van der Waals surface area contributed by atoms with Gasteiger partial charge in [-0.15, -0.1) is 0 Å². The second kappa shape index (κ2) is 8.09. The molecule has 0 saturated carbocycles. The van der Waals surface area contributed by atoms with Crippen LogP contribution in [0.15, 0.2) is 36.4 Å². The van der Waals surface area contributed by atoms with Gasteiger partial charge in [0.15, 0.2) is 5.82 Å². The van der Waals surface area contributed by atoms with Gasteiger partial charge in [0.25, 0.3) is 5.91 Å². The van der Waals surface area contributed by atoms with Crippen LogP contribution in [-0.4, -0.2) is 24.7 Å². The van der Waals surface area contributed by atoms with E-state index in [1.54, 1.807) is 36.9 Å². The Morgan fingerprint density at radius 2 is 1.81 bits per heavy atom. The topological polar surface area (TPSA) is 69.5 Å². The number of benzene rings is 2. The first-order chi connectivity index (χ1) is 15.3. The van der Waals surface area contributed by atoms with Crippen LogP contribution in [0.5, 0.6) is 5.88 Å². The Balaban J connectivity index is 1.97. The third-order valence-corrected chi connectivity index (χ3v) is 5.69. The van der Waals surface area contributed by atoms with Crippen molar-refractivity contribution in [3.63, 3.8) is 0 Å². The third kappa shape index (κ3) is 3.41. The molecule has 162 valence electrons. The molecule has 0 aliphatic carbocycles. The van der Waals surface area contributed by atoms with Crippen molar-refractivity contribution in [2.24, 2.45) is 0 Å². The average molecular weight is 455 g/mol. The van der Waals surface area contributed by atoms with Crippen molar-refractivity contribution in [1.82, 2.24) is 4.98 Å². The van der Waals surface area contributed by atoms with Crippen LogP contribution in [0.3, 0.4) is 0 Å². The molecule has 0 N–H and O–H groups in total. The Morgan fingerprint density at radius 3 is 2.44 bits per heavy atom. The summed E-state index contributed by atoms with van der Waals surface area (Å²) in [5.74, 6) is -1.67. The van der Waals surface area contributed by atoms with Crippen LogP contribution in [0.4, 0.5) is 25.8 Å². The van der Waals surface area contributed by atoms with Crippen LogP contribution in [0.2, 0.25) is 5.02 Å². The Kier molecular flexibility index (Phi) is 5.45. The lowest BCUT2D eigenvalue weighted by molar-refractivity contribution is 0.0979. The minimum absolute atomic E-state index is 0.0148. The Hall–Kier alpha value is -3.70. The third-order valence-electron chi connectivity index (χ3n) is 5.32. The Morgan fingerprint density at radius 1 is 1.09 bits per heavy atom. The zero-order valence-corrected chi connectivity index (χ0v) is 18.2. The number of nitrogens with zero attached hydrogens (tertiary/aromatic N) is 4. The summed E-state index contributed by atoms with van der Waals surface area (Å²) in [5.41, 5.74) is 1.87. The van der Waals surface area contributed by atoms with E-state index in [9.17, 15) is 14.4 Å². The van der Waals surface area contributed by atoms with Crippen molar-refractivity contribution in [2.45, 2.75) is 13.8 Å². The van der Waals surface area contributed by atoms with Crippen LogP contribution in [0.25, 0.3) is 0 Å². The van der Waals surface area contributed by atoms with Gasteiger partial charge in [-0.25, -0.2) is 13.8 Å². The maximum atomic E-state index is 15.3.